The molecule has 1 atom stereocenters. The third-order valence-electron chi connectivity index (χ3n) is 5.39. The van der Waals surface area contributed by atoms with Crippen LogP contribution in [0.25, 0.3) is 0 Å². The lowest BCUT2D eigenvalue weighted by Crippen LogP contribution is -2.35. The zero-order valence-electron chi connectivity index (χ0n) is 16.8. The molecule has 7 nitrogen and oxygen atoms in total. The molecule has 0 aliphatic carbocycles. The lowest BCUT2D eigenvalue weighted by Gasteiger charge is -2.31. The van der Waals surface area contributed by atoms with Crippen molar-refractivity contribution in [2.75, 3.05) is 41.3 Å². The van der Waals surface area contributed by atoms with Crippen molar-refractivity contribution in [1.82, 2.24) is 5.32 Å². The molecule has 160 valence electrons. The number of nitriles is 1. The number of alkyl halides is 1. The number of benzene rings is 1. The van der Waals surface area contributed by atoms with Crippen LogP contribution in [0.2, 0.25) is 0 Å². The highest BCUT2D eigenvalue weighted by atomic mass is 79.9. The number of carbonyl (C=O) groups excluding carboxylic acids is 2. The van der Waals surface area contributed by atoms with E-state index in [2.05, 4.69) is 27.3 Å². The van der Waals surface area contributed by atoms with Gasteiger partial charge in [-0.15, -0.1) is 0 Å². The summed E-state index contributed by atoms with van der Waals surface area (Å²) in [5.74, 6) is -0.597. The van der Waals surface area contributed by atoms with Crippen LogP contribution in [0.5, 0.6) is 0 Å². The highest BCUT2D eigenvalue weighted by molar-refractivity contribution is 9.09. The summed E-state index contributed by atoms with van der Waals surface area (Å²) in [6.45, 7) is 3.72. The molecule has 0 aromatic heterocycles. The molecule has 0 bridgehead atoms. The van der Waals surface area contributed by atoms with Crippen LogP contribution in [-0.4, -0.2) is 49.6 Å². The molecule has 2 fully saturated rings. The van der Waals surface area contributed by atoms with Crippen molar-refractivity contribution >= 4 is 39.3 Å². The van der Waals surface area contributed by atoms with Gasteiger partial charge in [0.05, 0.1) is 35.9 Å². The molecule has 0 saturated carbocycles. The summed E-state index contributed by atoms with van der Waals surface area (Å²) >= 11 is 3.06. The van der Waals surface area contributed by atoms with E-state index in [0.717, 1.165) is 30.4 Å². The molecule has 2 aliphatic rings. The number of anilines is 2. The molecule has 2 saturated heterocycles. The van der Waals surface area contributed by atoms with Gasteiger partial charge in [0.2, 0.25) is 5.91 Å². The Morgan fingerprint density at radius 3 is 2.73 bits per heavy atom. The van der Waals surface area contributed by atoms with Crippen LogP contribution in [0.4, 0.5) is 20.6 Å². The van der Waals surface area contributed by atoms with E-state index in [9.17, 15) is 19.2 Å². The molecule has 2 amide bonds. The van der Waals surface area contributed by atoms with Gasteiger partial charge in [0.25, 0.3) is 0 Å². The van der Waals surface area contributed by atoms with Gasteiger partial charge in [0.15, 0.2) is 0 Å². The highest BCUT2D eigenvalue weighted by Gasteiger charge is 2.33. The number of allylic oxidation sites excluding steroid dienone is 1. The first-order chi connectivity index (χ1) is 14.5. The fourth-order valence-corrected chi connectivity index (χ4v) is 3.96. The minimum absolute atomic E-state index is 0.175. The van der Waals surface area contributed by atoms with Gasteiger partial charge in [-0.1, -0.05) is 28.4 Å². The summed E-state index contributed by atoms with van der Waals surface area (Å²) in [6.07, 6.45) is 1.18. The molecule has 30 heavy (non-hydrogen) atoms. The smallest absolute Gasteiger partial charge is 0.414 e. The van der Waals surface area contributed by atoms with Crippen molar-refractivity contribution in [2.45, 2.75) is 32.3 Å². The van der Waals surface area contributed by atoms with E-state index < -0.39 is 18.0 Å². The minimum atomic E-state index is -0.559. The number of piperidine rings is 1. The van der Waals surface area contributed by atoms with E-state index >= 15 is 0 Å². The van der Waals surface area contributed by atoms with Crippen molar-refractivity contribution in [2.24, 2.45) is 0 Å². The van der Waals surface area contributed by atoms with Gasteiger partial charge in [-0.3, -0.25) is 9.69 Å². The van der Waals surface area contributed by atoms with E-state index in [0.29, 0.717) is 24.5 Å². The van der Waals surface area contributed by atoms with Crippen molar-refractivity contribution in [3.63, 3.8) is 0 Å². The maximum atomic E-state index is 14.9. The standard InChI is InChI=1S/C21H24BrFN4O3/c1-2-14(11-24)15-5-7-26(8-6-15)19-4-3-16(9-18(19)23)27-13-17(30-21(27)29)12-25-20(28)10-22/h3-4,9,17H,2,5-8,10,12-13H2,1H3,(H,25,28). The van der Waals surface area contributed by atoms with E-state index in [4.69, 9.17) is 4.74 Å². The number of halogens is 2. The maximum Gasteiger partial charge on any atom is 0.414 e. The zero-order chi connectivity index (χ0) is 21.7. The summed E-state index contributed by atoms with van der Waals surface area (Å²) in [7, 11) is 0. The van der Waals surface area contributed by atoms with Gasteiger partial charge in [0.1, 0.15) is 11.9 Å². The third kappa shape index (κ3) is 4.93. The van der Waals surface area contributed by atoms with Gasteiger partial charge in [-0.2, -0.15) is 5.26 Å². The second-order valence-electron chi connectivity index (χ2n) is 7.22. The number of amides is 2. The SMILES string of the molecule is CCC(C#N)=C1CCN(c2ccc(N3CC(CNC(=O)CBr)OC3=O)cc2F)CC1. The highest BCUT2D eigenvalue weighted by Crippen LogP contribution is 2.31. The summed E-state index contributed by atoms with van der Waals surface area (Å²) in [4.78, 5) is 26.8. The summed E-state index contributed by atoms with van der Waals surface area (Å²) < 4.78 is 20.1. The molecule has 2 heterocycles. The van der Waals surface area contributed by atoms with Crippen LogP contribution in [0.1, 0.15) is 26.2 Å². The summed E-state index contributed by atoms with van der Waals surface area (Å²) in [5, 5.41) is 12.0. The molecule has 2 aliphatic heterocycles. The topological polar surface area (TPSA) is 85.7 Å². The Hall–Kier alpha value is -2.60. The minimum Gasteiger partial charge on any atom is -0.442 e. The number of rotatable bonds is 6. The predicted octanol–water partition coefficient (Wildman–Crippen LogP) is 3.49. The van der Waals surface area contributed by atoms with Crippen molar-refractivity contribution in [3.05, 3.63) is 35.2 Å². The lowest BCUT2D eigenvalue weighted by atomic mass is 9.96. The van der Waals surface area contributed by atoms with Crippen molar-refractivity contribution in [3.8, 4) is 6.07 Å². The van der Waals surface area contributed by atoms with Gasteiger partial charge < -0.3 is 15.0 Å². The van der Waals surface area contributed by atoms with Crippen LogP contribution < -0.4 is 15.1 Å². The predicted molar refractivity (Wildman–Crippen MR) is 115 cm³/mol. The van der Waals surface area contributed by atoms with E-state index in [1.54, 1.807) is 12.1 Å². The Kier molecular flexibility index (Phi) is 7.32. The molecule has 0 spiro atoms. The number of nitrogens with zero attached hydrogens (tertiary/aromatic N) is 3. The second-order valence-corrected chi connectivity index (χ2v) is 7.79. The molecule has 0 radical (unpaired) electrons. The molecule has 1 aromatic carbocycles. The van der Waals surface area contributed by atoms with Gasteiger partial charge in [-0.05, 0) is 37.5 Å². The Morgan fingerprint density at radius 2 is 2.13 bits per heavy atom. The Labute approximate surface area is 183 Å². The fraction of sp³-hybridized carbons (Fsp3) is 0.476. The number of cyclic esters (lactones) is 1. The Balaban J connectivity index is 1.65. The zero-order valence-corrected chi connectivity index (χ0v) is 18.4. The molecular formula is C21H24BrFN4O3. The van der Waals surface area contributed by atoms with Crippen LogP contribution in [0.15, 0.2) is 29.3 Å². The van der Waals surface area contributed by atoms with Crippen molar-refractivity contribution < 1.29 is 18.7 Å². The van der Waals surface area contributed by atoms with Crippen LogP contribution in [0.3, 0.4) is 0 Å². The van der Waals surface area contributed by atoms with Gasteiger partial charge >= 0.3 is 6.09 Å². The number of hydrogen-bond acceptors (Lipinski definition) is 5. The van der Waals surface area contributed by atoms with Crippen LogP contribution >= 0.6 is 15.9 Å². The molecule has 3 rings (SSSR count). The fourth-order valence-electron chi connectivity index (χ4n) is 3.76. The normalized spacial score (nSPS) is 18.8. The maximum absolute atomic E-state index is 14.9. The number of nitrogens with one attached hydrogen (secondary N) is 1. The molecular weight excluding hydrogens is 455 g/mol. The van der Waals surface area contributed by atoms with Gasteiger partial charge in [0, 0.05) is 18.7 Å². The number of carbonyl (C=O) groups is 2. The summed E-state index contributed by atoms with van der Waals surface area (Å²) in [6, 6.07) is 6.99. The average Bonchev–Trinajstić information content (AvgIpc) is 3.14. The first-order valence-corrected chi connectivity index (χ1v) is 11.0. The van der Waals surface area contributed by atoms with Crippen LogP contribution in [0, 0.1) is 17.1 Å². The monoisotopic (exact) mass is 478 g/mol. The summed E-state index contributed by atoms with van der Waals surface area (Å²) in [5.41, 5.74) is 2.90. The van der Waals surface area contributed by atoms with E-state index in [1.165, 1.54) is 11.0 Å². The first-order valence-electron chi connectivity index (χ1n) is 9.93. The molecule has 1 unspecified atom stereocenters. The lowest BCUT2D eigenvalue weighted by molar-refractivity contribution is -0.118. The number of hydrogen-bond donors (Lipinski definition) is 1. The number of ether oxygens (including phenoxy) is 1. The first kappa shape index (κ1) is 22.1. The second kappa shape index (κ2) is 9.94. The van der Waals surface area contributed by atoms with Crippen LogP contribution in [-0.2, 0) is 9.53 Å². The largest absolute Gasteiger partial charge is 0.442 e. The molecule has 9 heteroatoms. The van der Waals surface area contributed by atoms with E-state index in [1.807, 2.05) is 11.8 Å². The van der Waals surface area contributed by atoms with E-state index in [-0.39, 0.29) is 24.3 Å². The molecule has 1 N–H and O–H groups in total. The Bertz CT molecular complexity index is 889. The quantitative estimate of drug-likeness (QED) is 0.499. The third-order valence-corrected chi connectivity index (χ3v) is 5.90. The molecule has 1 aromatic rings. The average molecular weight is 479 g/mol. The van der Waals surface area contributed by atoms with Crippen molar-refractivity contribution in [1.29, 1.82) is 5.26 Å². The Morgan fingerprint density at radius 1 is 1.40 bits per heavy atom. The van der Waals surface area contributed by atoms with Gasteiger partial charge in [-0.25, -0.2) is 9.18 Å².